The topological polar surface area (TPSA) is 56.1 Å². The molecule has 4 atom stereocenters. The number of carbonyl (C=O) groups is 1. The molecule has 3 aliphatic rings. The van der Waals surface area contributed by atoms with Crippen LogP contribution in [0.25, 0.3) is 0 Å². The van der Waals surface area contributed by atoms with Gasteiger partial charge in [-0.2, -0.15) is 5.26 Å². The number of nitrogens with zero attached hydrogens (tertiary/aromatic N) is 2. The number of hydrogen-bond acceptors (Lipinski definition) is 3. The fourth-order valence-corrected chi connectivity index (χ4v) is 4.06. The first kappa shape index (κ1) is 12.0. The highest BCUT2D eigenvalue weighted by Gasteiger charge is 2.44. The van der Waals surface area contributed by atoms with Crippen molar-refractivity contribution >= 4 is 5.91 Å². The minimum absolute atomic E-state index is 0.174. The summed E-state index contributed by atoms with van der Waals surface area (Å²) in [6, 6.07) is 3.24. The zero-order valence-electron chi connectivity index (χ0n) is 10.8. The lowest BCUT2D eigenvalue weighted by molar-refractivity contribution is -0.124. The van der Waals surface area contributed by atoms with Gasteiger partial charge in [-0.15, -0.1) is 0 Å². The van der Waals surface area contributed by atoms with Gasteiger partial charge in [-0.25, -0.2) is 0 Å². The average Bonchev–Trinajstić information content (AvgIpc) is 2.81. The maximum absolute atomic E-state index is 11.8. The molecule has 0 radical (unpaired) electrons. The molecule has 3 fully saturated rings. The molecule has 18 heavy (non-hydrogen) atoms. The van der Waals surface area contributed by atoms with Crippen LogP contribution >= 0.6 is 0 Å². The van der Waals surface area contributed by atoms with E-state index in [-0.39, 0.29) is 17.7 Å². The van der Waals surface area contributed by atoms with Crippen LogP contribution in [-0.2, 0) is 4.79 Å². The summed E-state index contributed by atoms with van der Waals surface area (Å²) in [7, 11) is 0. The summed E-state index contributed by atoms with van der Waals surface area (Å²) in [4.78, 5) is 14.3. The number of nitrogens with one attached hydrogen (secondary N) is 1. The van der Waals surface area contributed by atoms with E-state index < -0.39 is 0 Å². The molecule has 1 amide bonds. The number of rotatable bonds is 1. The number of nitriles is 1. The highest BCUT2D eigenvalue weighted by Crippen LogP contribution is 2.35. The van der Waals surface area contributed by atoms with E-state index in [1.54, 1.807) is 0 Å². The van der Waals surface area contributed by atoms with Crippen LogP contribution in [0.4, 0.5) is 0 Å². The van der Waals surface area contributed by atoms with Crippen molar-refractivity contribution in [2.75, 3.05) is 13.1 Å². The second kappa shape index (κ2) is 4.89. The summed E-state index contributed by atoms with van der Waals surface area (Å²) < 4.78 is 0. The first-order valence-corrected chi connectivity index (χ1v) is 7.24. The molecular weight excluding hydrogens is 226 g/mol. The lowest BCUT2D eigenvalue weighted by Crippen LogP contribution is -2.53. The van der Waals surface area contributed by atoms with Crippen LogP contribution in [0, 0.1) is 23.2 Å². The van der Waals surface area contributed by atoms with E-state index in [0.29, 0.717) is 12.1 Å². The van der Waals surface area contributed by atoms with Crippen LogP contribution in [-0.4, -0.2) is 36.0 Å². The molecule has 2 aliphatic heterocycles. The summed E-state index contributed by atoms with van der Waals surface area (Å²) in [5.74, 6) is 0.585. The summed E-state index contributed by atoms with van der Waals surface area (Å²) in [6.07, 6.45) is 6.72. The quantitative estimate of drug-likeness (QED) is 0.759. The Labute approximate surface area is 108 Å². The van der Waals surface area contributed by atoms with Gasteiger partial charge in [-0.1, -0.05) is 12.8 Å². The molecule has 3 rings (SSSR count). The van der Waals surface area contributed by atoms with Crippen molar-refractivity contribution in [1.29, 1.82) is 5.26 Å². The molecule has 4 nitrogen and oxygen atoms in total. The minimum Gasteiger partial charge on any atom is -0.354 e. The Kier molecular flexibility index (Phi) is 3.25. The number of likely N-dealkylation sites (tertiary alicyclic amines) is 1. The van der Waals surface area contributed by atoms with E-state index in [2.05, 4.69) is 16.3 Å². The van der Waals surface area contributed by atoms with Gasteiger partial charge >= 0.3 is 0 Å². The second-order valence-electron chi connectivity index (χ2n) is 5.89. The van der Waals surface area contributed by atoms with Gasteiger partial charge < -0.3 is 5.32 Å². The van der Waals surface area contributed by atoms with E-state index in [1.165, 1.54) is 12.8 Å². The summed E-state index contributed by atoms with van der Waals surface area (Å²) in [5, 5.41) is 12.3. The van der Waals surface area contributed by atoms with Crippen LogP contribution in [0.2, 0.25) is 0 Å². The molecule has 98 valence electrons. The number of fused-ring (bicyclic) bond motifs is 1. The Hall–Kier alpha value is -1.08. The van der Waals surface area contributed by atoms with Crippen LogP contribution in [0.15, 0.2) is 0 Å². The zero-order valence-corrected chi connectivity index (χ0v) is 10.8. The lowest BCUT2D eigenvalue weighted by atomic mass is 9.81. The SMILES string of the molecule is N#CC1CCCCC1N1CCCC2C(=O)NCC21. The van der Waals surface area contributed by atoms with Gasteiger partial charge in [-0.3, -0.25) is 9.69 Å². The fraction of sp³-hybridized carbons (Fsp3) is 0.857. The van der Waals surface area contributed by atoms with E-state index in [4.69, 9.17) is 0 Å². The first-order valence-electron chi connectivity index (χ1n) is 7.24. The molecule has 1 aliphatic carbocycles. The average molecular weight is 247 g/mol. The molecular formula is C14H21N3O. The van der Waals surface area contributed by atoms with Crippen LogP contribution in [0.5, 0.6) is 0 Å². The summed E-state index contributed by atoms with van der Waals surface area (Å²) >= 11 is 0. The summed E-state index contributed by atoms with van der Waals surface area (Å²) in [5.41, 5.74) is 0. The highest BCUT2D eigenvalue weighted by atomic mass is 16.2. The van der Waals surface area contributed by atoms with Crippen molar-refractivity contribution in [1.82, 2.24) is 10.2 Å². The first-order chi connectivity index (χ1) is 8.81. The number of piperidine rings is 1. The Morgan fingerprint density at radius 3 is 2.83 bits per heavy atom. The third-order valence-corrected chi connectivity index (χ3v) is 4.97. The number of carbonyl (C=O) groups excluding carboxylic acids is 1. The highest BCUT2D eigenvalue weighted by molar-refractivity contribution is 5.82. The Morgan fingerprint density at radius 1 is 1.17 bits per heavy atom. The molecule has 0 aromatic carbocycles. The maximum atomic E-state index is 11.8. The molecule has 4 unspecified atom stereocenters. The monoisotopic (exact) mass is 247 g/mol. The molecule has 0 aromatic heterocycles. The second-order valence-corrected chi connectivity index (χ2v) is 5.89. The molecule has 4 heteroatoms. The minimum atomic E-state index is 0.174. The van der Waals surface area contributed by atoms with Gasteiger partial charge in [0, 0.05) is 18.6 Å². The van der Waals surface area contributed by atoms with Gasteiger partial charge in [0.2, 0.25) is 5.91 Å². The van der Waals surface area contributed by atoms with Crippen molar-refractivity contribution in [3.05, 3.63) is 0 Å². The van der Waals surface area contributed by atoms with Crippen LogP contribution in [0.1, 0.15) is 38.5 Å². The Bertz CT molecular complexity index is 376. The van der Waals surface area contributed by atoms with E-state index in [0.717, 1.165) is 38.8 Å². The van der Waals surface area contributed by atoms with Gasteiger partial charge in [0.15, 0.2) is 0 Å². The van der Waals surface area contributed by atoms with Crippen molar-refractivity contribution in [3.8, 4) is 6.07 Å². The van der Waals surface area contributed by atoms with Crippen LogP contribution in [0.3, 0.4) is 0 Å². The normalized spacial score (nSPS) is 40.9. The standard InChI is InChI=1S/C14H21N3O/c15-8-10-4-1-2-6-12(10)17-7-3-5-11-13(17)9-16-14(11)18/h10-13H,1-7,9H2,(H,16,18). The number of amides is 1. The zero-order chi connectivity index (χ0) is 12.5. The van der Waals surface area contributed by atoms with Gasteiger partial charge in [0.25, 0.3) is 0 Å². The third-order valence-electron chi connectivity index (χ3n) is 4.97. The Balaban J connectivity index is 1.78. The molecule has 0 aromatic rings. The molecule has 0 spiro atoms. The molecule has 0 bridgehead atoms. The van der Waals surface area contributed by atoms with Gasteiger partial charge in [0.1, 0.15) is 0 Å². The van der Waals surface area contributed by atoms with Crippen molar-refractivity contribution in [2.24, 2.45) is 11.8 Å². The van der Waals surface area contributed by atoms with E-state index in [1.807, 2.05) is 0 Å². The van der Waals surface area contributed by atoms with E-state index >= 15 is 0 Å². The Morgan fingerprint density at radius 2 is 2.00 bits per heavy atom. The van der Waals surface area contributed by atoms with E-state index in [9.17, 15) is 10.1 Å². The van der Waals surface area contributed by atoms with Gasteiger partial charge in [-0.05, 0) is 32.2 Å². The molecule has 1 saturated carbocycles. The predicted molar refractivity (Wildman–Crippen MR) is 67.6 cm³/mol. The van der Waals surface area contributed by atoms with Crippen molar-refractivity contribution < 1.29 is 4.79 Å². The fourth-order valence-electron chi connectivity index (χ4n) is 4.06. The summed E-state index contributed by atoms with van der Waals surface area (Å²) in [6.45, 7) is 1.86. The van der Waals surface area contributed by atoms with Crippen molar-refractivity contribution in [2.45, 2.75) is 50.6 Å². The molecule has 1 N–H and O–H groups in total. The smallest absolute Gasteiger partial charge is 0.224 e. The number of hydrogen-bond donors (Lipinski definition) is 1. The van der Waals surface area contributed by atoms with Crippen LogP contribution < -0.4 is 5.32 Å². The predicted octanol–water partition coefficient (Wildman–Crippen LogP) is 1.28. The maximum Gasteiger partial charge on any atom is 0.224 e. The van der Waals surface area contributed by atoms with Gasteiger partial charge in [0.05, 0.1) is 17.9 Å². The molecule has 2 saturated heterocycles. The van der Waals surface area contributed by atoms with Crippen molar-refractivity contribution in [3.63, 3.8) is 0 Å². The third kappa shape index (κ3) is 1.91. The molecule has 2 heterocycles. The largest absolute Gasteiger partial charge is 0.354 e. The lowest BCUT2D eigenvalue weighted by Gasteiger charge is -2.44.